The van der Waals surface area contributed by atoms with E-state index < -0.39 is 5.41 Å². The van der Waals surface area contributed by atoms with E-state index in [4.69, 9.17) is 0 Å². The van der Waals surface area contributed by atoms with Crippen molar-refractivity contribution in [2.24, 2.45) is 0 Å². The summed E-state index contributed by atoms with van der Waals surface area (Å²) in [6, 6.07) is 67.0. The summed E-state index contributed by atoms with van der Waals surface area (Å²) in [5.74, 6) is -0.680. The molecule has 0 aliphatic heterocycles. The van der Waals surface area contributed by atoms with E-state index in [9.17, 15) is 19.3 Å². The van der Waals surface area contributed by atoms with Crippen molar-refractivity contribution < 1.29 is 8.78 Å². The SMILES string of the molecule is N#Cc1cccc(N(c2ccc(F)cc2)c2ccc3c(c2)C2(c4ccccc4-c4ccccc42)c2cc(N(c4ccc(F)cc4)c4cccc(C#N)c4)c4ccccc4c2-3)c1. The van der Waals surface area contributed by atoms with Crippen LogP contribution in [0, 0.1) is 34.3 Å². The second-order valence-electron chi connectivity index (χ2n) is 15.4. The topological polar surface area (TPSA) is 54.1 Å². The van der Waals surface area contributed by atoms with E-state index in [1.165, 1.54) is 24.3 Å². The molecule has 1 spiro atoms. The number of nitriles is 2. The van der Waals surface area contributed by atoms with Gasteiger partial charge in [-0.15, -0.1) is 0 Å². The molecule has 2 aliphatic rings. The molecule has 0 N–H and O–H groups in total. The number of nitrogens with zero attached hydrogens (tertiary/aromatic N) is 4. The zero-order chi connectivity index (χ0) is 41.2. The molecule has 0 bridgehead atoms. The minimum absolute atomic E-state index is 0.339. The maximum Gasteiger partial charge on any atom is 0.123 e. The van der Waals surface area contributed by atoms with Gasteiger partial charge in [0.05, 0.1) is 34.4 Å². The molecule has 0 saturated carbocycles. The molecule has 0 radical (unpaired) electrons. The van der Waals surface area contributed by atoms with Crippen molar-refractivity contribution in [3.63, 3.8) is 0 Å². The van der Waals surface area contributed by atoms with Crippen molar-refractivity contribution >= 4 is 44.9 Å². The summed E-state index contributed by atoms with van der Waals surface area (Å²) >= 11 is 0. The van der Waals surface area contributed by atoms with Gasteiger partial charge in [0, 0.05) is 33.8 Å². The van der Waals surface area contributed by atoms with E-state index in [1.54, 1.807) is 36.4 Å². The number of fused-ring (bicyclic) bond motifs is 12. The number of benzene rings is 9. The van der Waals surface area contributed by atoms with E-state index >= 15 is 0 Å². The van der Waals surface area contributed by atoms with Crippen LogP contribution in [0.4, 0.5) is 42.9 Å². The molecule has 0 unspecified atom stereocenters. The molecule has 286 valence electrons. The molecule has 6 heteroatoms. The lowest BCUT2D eigenvalue weighted by molar-refractivity contribution is 0.627. The summed E-state index contributed by atoms with van der Waals surface area (Å²) in [6.45, 7) is 0. The van der Waals surface area contributed by atoms with Gasteiger partial charge in [0.2, 0.25) is 0 Å². The summed E-state index contributed by atoms with van der Waals surface area (Å²) in [6.07, 6.45) is 0. The first kappa shape index (κ1) is 35.8. The van der Waals surface area contributed by atoms with Crippen LogP contribution >= 0.6 is 0 Å². The summed E-state index contributed by atoms with van der Waals surface area (Å²) < 4.78 is 29.1. The Morgan fingerprint density at radius 1 is 0.377 bits per heavy atom. The van der Waals surface area contributed by atoms with Crippen molar-refractivity contribution in [2.45, 2.75) is 5.41 Å². The minimum atomic E-state index is -0.793. The molecule has 0 amide bonds. The van der Waals surface area contributed by atoms with Gasteiger partial charge in [-0.05, 0) is 153 Å². The van der Waals surface area contributed by atoms with Crippen LogP contribution < -0.4 is 9.80 Å². The fourth-order valence-electron chi connectivity index (χ4n) is 9.77. The second kappa shape index (κ2) is 13.9. The highest BCUT2D eigenvalue weighted by Gasteiger charge is 2.52. The Hall–Kier alpha value is -8.32. The molecular weight excluding hydrogens is 755 g/mol. The Bertz CT molecular complexity index is 3280. The first-order valence-corrected chi connectivity index (χ1v) is 20.0. The minimum Gasteiger partial charge on any atom is -0.310 e. The molecule has 9 aromatic carbocycles. The largest absolute Gasteiger partial charge is 0.310 e. The normalized spacial score (nSPS) is 12.5. The number of hydrogen-bond acceptors (Lipinski definition) is 4. The molecule has 9 aromatic rings. The monoisotopic (exact) mass is 786 g/mol. The Balaban J connectivity index is 1.26. The molecule has 11 rings (SSSR count). The van der Waals surface area contributed by atoms with E-state index in [-0.39, 0.29) is 11.6 Å². The second-order valence-corrected chi connectivity index (χ2v) is 15.4. The van der Waals surface area contributed by atoms with Crippen LogP contribution in [0.1, 0.15) is 33.4 Å². The van der Waals surface area contributed by atoms with E-state index in [1.807, 2.05) is 42.5 Å². The maximum absolute atomic E-state index is 14.6. The lowest BCUT2D eigenvalue weighted by atomic mass is 9.70. The van der Waals surface area contributed by atoms with Gasteiger partial charge >= 0.3 is 0 Å². The standard InChI is InChI=1S/C55H32F2N4/c56-37-19-23-39(24-20-37)60(41-11-7-9-35(29-41)33-58)43-27-28-48-51(31-43)55(49-17-5-3-13-44(49)45-14-4-6-18-50(45)55)52-32-53(46-15-1-2-16-47(46)54(48)52)61(40-25-21-38(57)22-26-40)42-12-8-10-36(30-42)34-59/h1-32H. The van der Waals surface area contributed by atoms with Crippen molar-refractivity contribution in [3.05, 3.63) is 239 Å². The van der Waals surface area contributed by atoms with Crippen LogP contribution in [-0.2, 0) is 5.41 Å². The third kappa shape index (κ3) is 5.40. The van der Waals surface area contributed by atoms with Crippen LogP contribution in [0.15, 0.2) is 194 Å². The Morgan fingerprint density at radius 3 is 1.46 bits per heavy atom. The summed E-state index contributed by atoms with van der Waals surface area (Å²) in [5.41, 5.74) is 13.9. The van der Waals surface area contributed by atoms with Crippen LogP contribution in [0.5, 0.6) is 0 Å². The van der Waals surface area contributed by atoms with Gasteiger partial charge in [-0.2, -0.15) is 10.5 Å². The molecule has 0 atom stereocenters. The Morgan fingerprint density at radius 2 is 0.869 bits per heavy atom. The van der Waals surface area contributed by atoms with Gasteiger partial charge in [0.15, 0.2) is 0 Å². The van der Waals surface area contributed by atoms with Crippen LogP contribution in [0.3, 0.4) is 0 Å². The molecule has 0 fully saturated rings. The first-order valence-electron chi connectivity index (χ1n) is 20.0. The van der Waals surface area contributed by atoms with Gasteiger partial charge in [0.1, 0.15) is 11.6 Å². The molecule has 4 nitrogen and oxygen atoms in total. The molecule has 2 aliphatic carbocycles. The van der Waals surface area contributed by atoms with Gasteiger partial charge in [-0.3, -0.25) is 0 Å². The fraction of sp³-hybridized carbons (Fsp3) is 0.0182. The van der Waals surface area contributed by atoms with Gasteiger partial charge in [-0.1, -0.05) is 91.0 Å². The molecular formula is C55H32F2N4. The predicted octanol–water partition coefficient (Wildman–Crippen LogP) is 14.1. The number of rotatable bonds is 6. The Labute approximate surface area is 351 Å². The zero-order valence-corrected chi connectivity index (χ0v) is 32.5. The van der Waals surface area contributed by atoms with E-state index in [0.29, 0.717) is 11.1 Å². The zero-order valence-electron chi connectivity index (χ0n) is 32.5. The third-order valence-electron chi connectivity index (χ3n) is 12.2. The van der Waals surface area contributed by atoms with Crippen LogP contribution in [0.2, 0.25) is 0 Å². The highest BCUT2D eigenvalue weighted by molar-refractivity contribution is 6.12. The molecule has 0 aromatic heterocycles. The third-order valence-corrected chi connectivity index (χ3v) is 12.2. The summed E-state index contributed by atoms with van der Waals surface area (Å²) in [4.78, 5) is 4.20. The fourth-order valence-corrected chi connectivity index (χ4v) is 9.77. The first-order chi connectivity index (χ1) is 30.0. The van der Waals surface area contributed by atoms with Crippen molar-refractivity contribution in [2.75, 3.05) is 9.80 Å². The lowest BCUT2D eigenvalue weighted by Crippen LogP contribution is -2.26. The van der Waals surface area contributed by atoms with Crippen LogP contribution in [0.25, 0.3) is 33.0 Å². The Kier molecular flexibility index (Phi) is 8.17. The van der Waals surface area contributed by atoms with Crippen molar-refractivity contribution in [1.82, 2.24) is 0 Å². The van der Waals surface area contributed by atoms with Gasteiger partial charge < -0.3 is 9.80 Å². The highest BCUT2D eigenvalue weighted by atomic mass is 19.1. The molecule has 61 heavy (non-hydrogen) atoms. The maximum atomic E-state index is 14.6. The highest BCUT2D eigenvalue weighted by Crippen LogP contribution is 2.65. The number of anilines is 6. The van der Waals surface area contributed by atoms with Crippen molar-refractivity contribution in [3.8, 4) is 34.4 Å². The predicted molar refractivity (Wildman–Crippen MR) is 239 cm³/mol. The average Bonchev–Trinajstić information content (AvgIpc) is 3.78. The summed E-state index contributed by atoms with van der Waals surface area (Å²) in [7, 11) is 0. The number of hydrogen-bond donors (Lipinski definition) is 0. The summed E-state index contributed by atoms with van der Waals surface area (Å²) in [5, 5.41) is 22.0. The molecule has 0 heterocycles. The van der Waals surface area contributed by atoms with E-state index in [0.717, 1.165) is 89.4 Å². The van der Waals surface area contributed by atoms with Crippen LogP contribution in [-0.4, -0.2) is 0 Å². The number of halogens is 2. The quantitative estimate of drug-likeness (QED) is 0.168. The average molecular weight is 787 g/mol. The smallest absolute Gasteiger partial charge is 0.123 e. The lowest BCUT2D eigenvalue weighted by Gasteiger charge is -2.34. The van der Waals surface area contributed by atoms with E-state index in [2.05, 4.69) is 113 Å². The van der Waals surface area contributed by atoms with Crippen molar-refractivity contribution in [1.29, 1.82) is 10.5 Å². The molecule has 0 saturated heterocycles. The van der Waals surface area contributed by atoms with Gasteiger partial charge in [-0.25, -0.2) is 8.78 Å². The van der Waals surface area contributed by atoms with Gasteiger partial charge in [0.25, 0.3) is 0 Å².